The highest BCUT2D eigenvalue weighted by Gasteiger charge is 2.28. The van der Waals surface area contributed by atoms with Crippen molar-refractivity contribution in [2.45, 2.75) is 315 Å². The van der Waals surface area contributed by atoms with Crippen molar-refractivity contribution in [1.82, 2.24) is 0 Å². The number of phosphoric acid groups is 1. The topological polar surface area (TPSA) is 155 Å². The Kier molecular flexibility index (Phi) is 61.1. The fourth-order valence-corrected chi connectivity index (χ4v) is 9.98. The molecular weight excluding hydrogens is 1050 g/mol. The van der Waals surface area contributed by atoms with Gasteiger partial charge in [0.2, 0.25) is 0 Å². The summed E-state index contributed by atoms with van der Waals surface area (Å²) in [5.41, 5.74) is 0. The van der Waals surface area contributed by atoms with E-state index in [2.05, 4.69) is 106 Å². The van der Waals surface area contributed by atoms with Crippen LogP contribution in [0, 0.1) is 0 Å². The summed E-state index contributed by atoms with van der Waals surface area (Å²) < 4.78 is 39.7. The first-order valence-corrected chi connectivity index (χ1v) is 35.0. The van der Waals surface area contributed by atoms with Gasteiger partial charge >= 0.3 is 25.7 Å². The lowest BCUT2D eigenvalue weighted by atomic mass is 10.1. The van der Waals surface area contributed by atoms with E-state index in [1.807, 2.05) is 0 Å². The number of unbranched alkanes of at least 4 members (excludes halogenated alkanes) is 31. The third kappa shape index (κ3) is 61.2. The molecule has 2 N–H and O–H groups in total. The SMILES string of the molecule is CC/C=C\C/C=C\C/C=C\C/C=C\CCCCCCC(=O)OC(CO)COP(=O)(O)OCC(COC(=O)CCCCCCCCCCC/C=C\C/C=C\CCCCC)OC(=O)CCCCCCCCCCC/C=C\CCCCCCCC. The van der Waals surface area contributed by atoms with Gasteiger partial charge in [0.05, 0.1) is 19.8 Å². The number of phosphoric ester groups is 1. The molecule has 3 unspecified atom stereocenters. The number of ether oxygens (including phenoxy) is 3. The smallest absolute Gasteiger partial charge is 0.462 e. The Hall–Kier alpha value is -3.34. The summed E-state index contributed by atoms with van der Waals surface area (Å²) in [5, 5.41) is 9.86. The summed E-state index contributed by atoms with van der Waals surface area (Å²) in [5.74, 6) is -1.48. The third-order valence-corrected chi connectivity index (χ3v) is 15.2. The molecule has 0 heterocycles. The lowest BCUT2D eigenvalue weighted by molar-refractivity contribution is -0.161. The second-order valence-corrected chi connectivity index (χ2v) is 23.7. The molecule has 0 saturated carbocycles. The lowest BCUT2D eigenvalue weighted by Crippen LogP contribution is -2.30. The molecule has 0 bridgehead atoms. The molecule has 82 heavy (non-hydrogen) atoms. The Morgan fingerprint density at radius 3 is 1.01 bits per heavy atom. The summed E-state index contributed by atoms with van der Waals surface area (Å²) in [6, 6.07) is 0. The van der Waals surface area contributed by atoms with Crippen molar-refractivity contribution in [1.29, 1.82) is 0 Å². The van der Waals surface area contributed by atoms with Crippen molar-refractivity contribution in [3.8, 4) is 0 Å². The summed E-state index contributed by atoms with van der Waals surface area (Å²) in [6.07, 6.45) is 75.3. The number of hydrogen-bond donors (Lipinski definition) is 2. The molecule has 12 heteroatoms. The van der Waals surface area contributed by atoms with E-state index >= 15 is 0 Å². The van der Waals surface area contributed by atoms with Crippen molar-refractivity contribution in [3.05, 3.63) is 85.1 Å². The minimum atomic E-state index is -4.77. The maximum absolute atomic E-state index is 13.0. The van der Waals surface area contributed by atoms with Crippen molar-refractivity contribution in [3.63, 3.8) is 0 Å². The highest BCUT2D eigenvalue weighted by molar-refractivity contribution is 7.47. The Labute approximate surface area is 502 Å². The van der Waals surface area contributed by atoms with Gasteiger partial charge in [-0.2, -0.15) is 0 Å². The molecule has 0 aromatic heterocycles. The second kappa shape index (κ2) is 63.7. The first-order valence-electron chi connectivity index (χ1n) is 33.5. The minimum Gasteiger partial charge on any atom is -0.462 e. The van der Waals surface area contributed by atoms with E-state index in [-0.39, 0.29) is 25.9 Å². The molecule has 474 valence electrons. The Balaban J connectivity index is 4.72. The first kappa shape index (κ1) is 78.7. The molecule has 0 saturated heterocycles. The van der Waals surface area contributed by atoms with Crippen molar-refractivity contribution in [2.75, 3.05) is 26.4 Å². The van der Waals surface area contributed by atoms with Crippen LogP contribution in [0.1, 0.15) is 303 Å². The number of hydrogen-bond acceptors (Lipinski definition) is 10. The summed E-state index contributed by atoms with van der Waals surface area (Å²) in [4.78, 5) is 48.8. The molecule has 0 aromatic rings. The lowest BCUT2D eigenvalue weighted by Gasteiger charge is -2.21. The van der Waals surface area contributed by atoms with E-state index in [9.17, 15) is 28.9 Å². The van der Waals surface area contributed by atoms with Gasteiger partial charge in [-0.1, -0.05) is 254 Å². The number of aliphatic hydroxyl groups excluding tert-OH is 1. The second-order valence-electron chi connectivity index (χ2n) is 22.2. The number of carbonyl (C=O) groups excluding carboxylic acids is 3. The maximum atomic E-state index is 13.0. The van der Waals surface area contributed by atoms with Crippen LogP contribution in [-0.2, 0) is 42.2 Å². The molecule has 11 nitrogen and oxygen atoms in total. The predicted molar refractivity (Wildman–Crippen MR) is 344 cm³/mol. The van der Waals surface area contributed by atoms with Crippen molar-refractivity contribution >= 4 is 25.7 Å². The zero-order valence-corrected chi connectivity index (χ0v) is 53.6. The zero-order valence-electron chi connectivity index (χ0n) is 52.7. The van der Waals surface area contributed by atoms with Crippen LogP contribution in [0.3, 0.4) is 0 Å². The highest BCUT2D eigenvalue weighted by Crippen LogP contribution is 2.43. The van der Waals surface area contributed by atoms with Gasteiger partial charge in [0.15, 0.2) is 6.10 Å². The molecule has 0 aliphatic carbocycles. The fourth-order valence-electron chi connectivity index (χ4n) is 9.20. The molecule has 0 fully saturated rings. The Bertz CT molecular complexity index is 1700. The van der Waals surface area contributed by atoms with Gasteiger partial charge < -0.3 is 24.2 Å². The molecule has 0 rings (SSSR count). The fraction of sp³-hybridized carbons (Fsp3) is 0.757. The van der Waals surface area contributed by atoms with Gasteiger partial charge in [-0.15, -0.1) is 0 Å². The van der Waals surface area contributed by atoms with E-state index in [0.29, 0.717) is 19.3 Å². The van der Waals surface area contributed by atoms with E-state index in [1.165, 1.54) is 141 Å². The average Bonchev–Trinajstić information content (AvgIpc) is 3.49. The van der Waals surface area contributed by atoms with Crippen LogP contribution in [0.25, 0.3) is 0 Å². The molecule has 0 amide bonds. The van der Waals surface area contributed by atoms with E-state index in [1.54, 1.807) is 0 Å². The zero-order chi connectivity index (χ0) is 59.8. The predicted octanol–water partition coefficient (Wildman–Crippen LogP) is 20.6. The van der Waals surface area contributed by atoms with Crippen LogP contribution in [0.15, 0.2) is 85.1 Å². The van der Waals surface area contributed by atoms with Gasteiger partial charge in [-0.05, 0) is 116 Å². The minimum absolute atomic E-state index is 0.147. The summed E-state index contributed by atoms with van der Waals surface area (Å²) >= 11 is 0. The monoisotopic (exact) mass is 1170 g/mol. The number of aliphatic hydroxyl groups is 1. The number of carbonyl (C=O) groups is 3. The van der Waals surface area contributed by atoms with Crippen LogP contribution in [-0.4, -0.2) is 66.5 Å². The van der Waals surface area contributed by atoms with Gasteiger partial charge in [0, 0.05) is 19.3 Å². The maximum Gasteiger partial charge on any atom is 0.472 e. The molecule has 0 aliphatic heterocycles. The number of rotatable bonds is 62. The largest absolute Gasteiger partial charge is 0.472 e. The summed E-state index contributed by atoms with van der Waals surface area (Å²) in [6.45, 7) is 4.52. The Morgan fingerprint density at radius 2 is 0.634 bits per heavy atom. The normalized spacial score (nSPS) is 13.8. The molecule has 0 spiro atoms. The van der Waals surface area contributed by atoms with Gasteiger partial charge in [-0.3, -0.25) is 23.4 Å². The first-order chi connectivity index (χ1) is 40.2. The van der Waals surface area contributed by atoms with Crippen LogP contribution in [0.4, 0.5) is 0 Å². The number of esters is 3. The molecule has 3 atom stereocenters. The van der Waals surface area contributed by atoms with E-state index < -0.39 is 57.8 Å². The van der Waals surface area contributed by atoms with Gasteiger partial charge in [0.1, 0.15) is 12.7 Å². The van der Waals surface area contributed by atoms with Crippen LogP contribution < -0.4 is 0 Å². The molecule has 0 aliphatic rings. The van der Waals surface area contributed by atoms with Gasteiger partial charge in [-0.25, -0.2) is 4.57 Å². The Morgan fingerprint density at radius 1 is 0.354 bits per heavy atom. The van der Waals surface area contributed by atoms with E-state index in [4.69, 9.17) is 23.3 Å². The standard InChI is InChI=1S/C70H123O11P/c1-4-7-10-13-16-19-22-25-28-31-33-36-38-41-44-47-50-53-56-59-68(72)77-63-67(81-70(74)61-58-55-52-49-46-43-40-37-34-32-29-26-23-20-17-14-11-8-5-2)65-79-82(75,76)78-64-66(62-71)80-69(73)60-57-54-51-48-45-42-39-35-30-27-24-21-18-15-12-9-6-3/h9,12,16,18-19,21,25-30,39,42,66-67,71H,4-8,10-11,13-15,17,20,22-24,31-38,40-41,43-65H2,1-3H3,(H,75,76)/b12-9-,19-16-,21-18-,28-25-,29-26-,30-27-,42-39-. The van der Waals surface area contributed by atoms with Crippen LogP contribution in [0.5, 0.6) is 0 Å². The molecule has 0 aromatic carbocycles. The molecule has 0 radical (unpaired) electrons. The van der Waals surface area contributed by atoms with Crippen molar-refractivity contribution < 1.29 is 52.2 Å². The molecular formula is C70H123O11P. The quantitative estimate of drug-likeness (QED) is 0.0197. The highest BCUT2D eigenvalue weighted by atomic mass is 31.2. The van der Waals surface area contributed by atoms with Crippen molar-refractivity contribution in [2.24, 2.45) is 0 Å². The third-order valence-electron chi connectivity index (χ3n) is 14.3. The van der Waals surface area contributed by atoms with Crippen LogP contribution in [0.2, 0.25) is 0 Å². The van der Waals surface area contributed by atoms with Gasteiger partial charge in [0.25, 0.3) is 0 Å². The van der Waals surface area contributed by atoms with Crippen LogP contribution >= 0.6 is 7.82 Å². The number of allylic oxidation sites excluding steroid dienone is 14. The van der Waals surface area contributed by atoms with E-state index in [0.717, 1.165) is 103 Å². The summed E-state index contributed by atoms with van der Waals surface area (Å²) in [7, 11) is -4.77. The average molecular weight is 1170 g/mol.